The minimum absolute atomic E-state index is 0.287. The molecule has 0 saturated heterocycles. The molecule has 0 aliphatic heterocycles. The number of hydrogen-bond acceptors (Lipinski definition) is 1. The first kappa shape index (κ1) is 25.1. The summed E-state index contributed by atoms with van der Waals surface area (Å²) in [5, 5.41) is 11.4. The van der Waals surface area contributed by atoms with Crippen molar-refractivity contribution in [3.63, 3.8) is 0 Å². The monoisotopic (exact) mass is 428 g/mol. The molecule has 5 atom stereocenters. The van der Waals surface area contributed by atoms with E-state index in [1.54, 1.807) is 0 Å². The molecule has 0 amide bonds. The average Bonchev–Trinajstić information content (AvgIpc) is 2.62. The quantitative estimate of drug-likeness (QED) is 0.419. The molecule has 3 fully saturated rings. The maximum Gasteiger partial charge on any atom is 0.0653 e. The minimum Gasteiger partial charge on any atom is -0.390 e. The van der Waals surface area contributed by atoms with Crippen molar-refractivity contribution in [1.82, 2.24) is 0 Å². The third-order valence-electron chi connectivity index (χ3n) is 10.3. The van der Waals surface area contributed by atoms with Gasteiger partial charge >= 0.3 is 0 Å². The van der Waals surface area contributed by atoms with E-state index in [1.807, 2.05) is 0 Å². The minimum atomic E-state index is -0.510. The zero-order valence-corrected chi connectivity index (χ0v) is 21.9. The molecule has 31 heavy (non-hydrogen) atoms. The van der Waals surface area contributed by atoms with E-state index < -0.39 is 5.60 Å². The molecule has 0 radical (unpaired) electrons. The molecule has 0 aromatic heterocycles. The van der Waals surface area contributed by atoms with Crippen LogP contribution in [0.25, 0.3) is 0 Å². The fourth-order valence-electron chi connectivity index (χ4n) is 8.50. The SMILES string of the molecule is C=C1CCCC(C)(C)C1CC/C(C)=C/CCC1[C@@]2(C)CCCC(C)(C)C2CC[C@@]1(C)O. The Morgan fingerprint density at radius 2 is 1.65 bits per heavy atom. The van der Waals surface area contributed by atoms with Crippen molar-refractivity contribution in [1.29, 1.82) is 0 Å². The van der Waals surface area contributed by atoms with Crippen LogP contribution in [0.4, 0.5) is 0 Å². The number of rotatable bonds is 6. The van der Waals surface area contributed by atoms with Gasteiger partial charge in [-0.25, -0.2) is 0 Å². The molecule has 3 unspecified atom stereocenters. The van der Waals surface area contributed by atoms with Crippen LogP contribution in [-0.4, -0.2) is 10.7 Å². The van der Waals surface area contributed by atoms with Gasteiger partial charge in [0, 0.05) is 0 Å². The van der Waals surface area contributed by atoms with Crippen molar-refractivity contribution >= 4 is 0 Å². The summed E-state index contributed by atoms with van der Waals surface area (Å²) in [5.41, 5.74) is 3.63. The van der Waals surface area contributed by atoms with Gasteiger partial charge in [-0.15, -0.1) is 0 Å². The fraction of sp³-hybridized carbons (Fsp3) is 0.867. The fourth-order valence-corrected chi connectivity index (χ4v) is 8.50. The Hall–Kier alpha value is -0.560. The maximum atomic E-state index is 11.4. The van der Waals surface area contributed by atoms with Gasteiger partial charge in [-0.05, 0) is 118 Å². The zero-order chi connectivity index (χ0) is 23.1. The normalized spacial score (nSPS) is 40.5. The summed E-state index contributed by atoms with van der Waals surface area (Å²) in [7, 11) is 0. The lowest BCUT2D eigenvalue weighted by Gasteiger charge is -2.61. The van der Waals surface area contributed by atoms with Gasteiger partial charge in [0.2, 0.25) is 0 Å². The molecule has 3 aliphatic carbocycles. The standard InChI is InChI=1S/C30H52O/c1-22(15-16-24-23(2)13-10-18-27(24,3)4)12-9-14-26-29(7)20-11-19-28(5,6)25(29)17-21-30(26,8)31/h12,24-26,31H,2,9-11,13-21H2,1,3-8H3/b22-12+/t24?,25?,26?,29-,30+/m0/s1. The molecule has 1 nitrogen and oxygen atoms in total. The van der Waals surface area contributed by atoms with Gasteiger partial charge in [0.05, 0.1) is 5.60 Å². The Bertz CT molecular complexity index is 679. The predicted molar refractivity (Wildman–Crippen MR) is 135 cm³/mol. The van der Waals surface area contributed by atoms with E-state index in [0.717, 1.165) is 25.2 Å². The van der Waals surface area contributed by atoms with E-state index >= 15 is 0 Å². The maximum absolute atomic E-state index is 11.4. The van der Waals surface area contributed by atoms with Crippen LogP contribution in [-0.2, 0) is 0 Å². The molecule has 0 aromatic carbocycles. The molecule has 3 rings (SSSR count). The Labute approximate surface area is 194 Å². The average molecular weight is 429 g/mol. The molecular weight excluding hydrogens is 376 g/mol. The second-order valence-corrected chi connectivity index (χ2v) is 13.6. The highest BCUT2D eigenvalue weighted by Gasteiger charge is 2.57. The summed E-state index contributed by atoms with van der Waals surface area (Å²) in [6.07, 6.45) is 17.2. The van der Waals surface area contributed by atoms with Crippen LogP contribution in [0.15, 0.2) is 23.8 Å². The number of aliphatic hydroxyl groups is 1. The van der Waals surface area contributed by atoms with Crippen molar-refractivity contribution in [3.8, 4) is 0 Å². The number of hydrogen-bond donors (Lipinski definition) is 1. The summed E-state index contributed by atoms with van der Waals surface area (Å²) in [4.78, 5) is 0. The van der Waals surface area contributed by atoms with Crippen LogP contribution in [0, 0.1) is 34.0 Å². The summed E-state index contributed by atoms with van der Waals surface area (Å²) in [6, 6.07) is 0. The Kier molecular flexibility index (Phi) is 7.28. The summed E-state index contributed by atoms with van der Waals surface area (Å²) in [5.74, 6) is 1.84. The molecule has 0 spiro atoms. The lowest BCUT2D eigenvalue weighted by molar-refractivity contribution is -0.168. The van der Waals surface area contributed by atoms with Gasteiger partial charge in [-0.3, -0.25) is 0 Å². The largest absolute Gasteiger partial charge is 0.390 e. The van der Waals surface area contributed by atoms with Crippen LogP contribution < -0.4 is 0 Å². The summed E-state index contributed by atoms with van der Waals surface area (Å²) >= 11 is 0. The highest BCUT2D eigenvalue weighted by Crippen LogP contribution is 2.62. The lowest BCUT2D eigenvalue weighted by atomic mass is 9.45. The highest BCUT2D eigenvalue weighted by atomic mass is 16.3. The van der Waals surface area contributed by atoms with E-state index in [1.165, 1.54) is 68.9 Å². The molecule has 178 valence electrons. The highest BCUT2D eigenvalue weighted by molar-refractivity contribution is 5.12. The van der Waals surface area contributed by atoms with E-state index in [9.17, 15) is 5.11 Å². The molecule has 1 N–H and O–H groups in total. The molecule has 0 bridgehead atoms. The smallest absolute Gasteiger partial charge is 0.0653 e. The van der Waals surface area contributed by atoms with E-state index in [0.29, 0.717) is 22.7 Å². The lowest BCUT2D eigenvalue weighted by Crippen LogP contribution is -2.57. The molecule has 0 heterocycles. The van der Waals surface area contributed by atoms with Crippen molar-refractivity contribution in [2.24, 2.45) is 34.0 Å². The first-order valence-electron chi connectivity index (χ1n) is 13.4. The van der Waals surface area contributed by atoms with Gasteiger partial charge in [0.25, 0.3) is 0 Å². The van der Waals surface area contributed by atoms with E-state index in [2.05, 4.69) is 61.1 Å². The molecule has 0 aromatic rings. The Morgan fingerprint density at radius 3 is 2.32 bits per heavy atom. The Morgan fingerprint density at radius 1 is 0.968 bits per heavy atom. The molecular formula is C30H52O. The van der Waals surface area contributed by atoms with Crippen molar-refractivity contribution in [2.75, 3.05) is 0 Å². The first-order valence-corrected chi connectivity index (χ1v) is 13.4. The van der Waals surface area contributed by atoms with E-state index in [4.69, 9.17) is 0 Å². The topological polar surface area (TPSA) is 20.2 Å². The van der Waals surface area contributed by atoms with Crippen LogP contribution in [0.1, 0.15) is 126 Å². The summed E-state index contributed by atoms with van der Waals surface area (Å²) < 4.78 is 0. The number of fused-ring (bicyclic) bond motifs is 1. The zero-order valence-electron chi connectivity index (χ0n) is 21.9. The first-order chi connectivity index (χ1) is 14.3. The predicted octanol–water partition coefficient (Wildman–Crippen LogP) is 8.87. The van der Waals surface area contributed by atoms with Crippen LogP contribution in [0.2, 0.25) is 0 Å². The number of allylic oxidation sites excluding steroid dienone is 3. The van der Waals surface area contributed by atoms with E-state index in [-0.39, 0.29) is 5.41 Å². The van der Waals surface area contributed by atoms with Gasteiger partial charge in [-0.2, -0.15) is 0 Å². The second-order valence-electron chi connectivity index (χ2n) is 13.6. The van der Waals surface area contributed by atoms with Gasteiger partial charge in [-0.1, -0.05) is 64.8 Å². The van der Waals surface area contributed by atoms with Gasteiger partial charge in [0.15, 0.2) is 0 Å². The van der Waals surface area contributed by atoms with Crippen LogP contribution in [0.5, 0.6) is 0 Å². The third-order valence-corrected chi connectivity index (χ3v) is 10.3. The second kappa shape index (κ2) is 9.00. The Balaban J connectivity index is 1.62. The molecule has 3 saturated carbocycles. The third kappa shape index (κ3) is 5.18. The molecule has 3 aliphatic rings. The van der Waals surface area contributed by atoms with Gasteiger partial charge in [0.1, 0.15) is 0 Å². The van der Waals surface area contributed by atoms with Gasteiger partial charge < -0.3 is 5.11 Å². The van der Waals surface area contributed by atoms with Crippen molar-refractivity contribution in [2.45, 2.75) is 131 Å². The molecule has 1 heteroatoms. The van der Waals surface area contributed by atoms with Crippen molar-refractivity contribution < 1.29 is 5.11 Å². The van der Waals surface area contributed by atoms with Crippen LogP contribution in [0.3, 0.4) is 0 Å². The van der Waals surface area contributed by atoms with Crippen molar-refractivity contribution in [3.05, 3.63) is 23.8 Å². The summed E-state index contributed by atoms with van der Waals surface area (Å²) in [6.45, 7) is 21.2. The van der Waals surface area contributed by atoms with Crippen LogP contribution >= 0.6 is 0 Å².